The van der Waals surface area contributed by atoms with E-state index in [-0.39, 0.29) is 5.78 Å². The van der Waals surface area contributed by atoms with Crippen LogP contribution in [0.15, 0.2) is 35.0 Å². The number of nitrogens with zero attached hydrogens (tertiary/aromatic N) is 1. The summed E-state index contributed by atoms with van der Waals surface area (Å²) in [6.45, 7) is 0. The summed E-state index contributed by atoms with van der Waals surface area (Å²) < 4.78 is 6.88. The van der Waals surface area contributed by atoms with Gasteiger partial charge in [0, 0.05) is 29.0 Å². The Hall–Kier alpha value is -1.05. The number of quaternary nitrogens is 1. The number of ether oxygens (including phenoxy) is 1. The van der Waals surface area contributed by atoms with Crippen molar-refractivity contribution in [2.75, 3.05) is 14.1 Å². The van der Waals surface area contributed by atoms with Crippen molar-refractivity contribution >= 4 is 28.5 Å². The Balaban J connectivity index is 1.40. The zero-order valence-corrected chi connectivity index (χ0v) is 16.6. The number of epoxide rings is 1. The van der Waals surface area contributed by atoms with Gasteiger partial charge in [-0.25, -0.2) is 0 Å². The van der Waals surface area contributed by atoms with Crippen LogP contribution in [0.3, 0.4) is 0 Å². The van der Waals surface area contributed by atoms with Crippen molar-refractivity contribution in [3.05, 3.63) is 44.8 Å². The summed E-state index contributed by atoms with van der Waals surface area (Å²) in [4.78, 5) is 14.8. The lowest BCUT2D eigenvalue weighted by molar-refractivity contribution is -0.938. The summed E-state index contributed by atoms with van der Waals surface area (Å²) in [6.07, 6.45) is 3.26. The summed E-state index contributed by atoms with van der Waals surface area (Å²) in [5, 5.41) is 15.3. The van der Waals surface area contributed by atoms with Gasteiger partial charge in [-0.3, -0.25) is 4.79 Å². The molecule has 0 spiro atoms. The fourth-order valence-electron chi connectivity index (χ4n) is 5.29. The predicted molar refractivity (Wildman–Crippen MR) is 102 cm³/mol. The second-order valence-electron chi connectivity index (χ2n) is 8.46. The quantitative estimate of drug-likeness (QED) is 0.631. The number of carbonyl (C=O) groups excluding carboxylic acids is 1. The zero-order valence-electron chi connectivity index (χ0n) is 15.0. The molecule has 0 amide bonds. The van der Waals surface area contributed by atoms with Crippen LogP contribution in [0, 0.1) is 5.92 Å². The highest BCUT2D eigenvalue weighted by Crippen LogP contribution is 2.53. The van der Waals surface area contributed by atoms with Gasteiger partial charge in [0.05, 0.1) is 14.1 Å². The van der Waals surface area contributed by atoms with E-state index in [1.54, 1.807) is 0 Å². The molecule has 5 heterocycles. The van der Waals surface area contributed by atoms with Gasteiger partial charge in [0.2, 0.25) is 0 Å². The van der Waals surface area contributed by atoms with Gasteiger partial charge in [0.25, 0.3) is 0 Å². The molecule has 4 nitrogen and oxygen atoms in total. The topological polar surface area (TPSA) is 49.8 Å². The van der Waals surface area contributed by atoms with Crippen molar-refractivity contribution in [3.8, 4) is 0 Å². The molecule has 5 atom stereocenters. The van der Waals surface area contributed by atoms with Crippen molar-refractivity contribution in [2.45, 2.75) is 49.2 Å². The lowest BCUT2D eigenvalue weighted by atomic mass is 9.81. The fourth-order valence-corrected chi connectivity index (χ4v) is 7.07. The first kappa shape index (κ1) is 17.1. The molecule has 2 aromatic rings. The van der Waals surface area contributed by atoms with Crippen LogP contribution in [-0.4, -0.2) is 53.8 Å². The van der Waals surface area contributed by atoms with Crippen LogP contribution in [0.1, 0.15) is 29.0 Å². The Morgan fingerprint density at radius 2 is 1.69 bits per heavy atom. The second kappa shape index (κ2) is 5.72. The van der Waals surface area contributed by atoms with Crippen LogP contribution >= 0.6 is 22.7 Å². The number of aliphatic hydroxyl groups is 1. The molecule has 26 heavy (non-hydrogen) atoms. The van der Waals surface area contributed by atoms with Gasteiger partial charge < -0.3 is 14.3 Å². The minimum Gasteiger partial charge on any atom is -0.372 e. The number of piperidine rings is 1. The Morgan fingerprint density at radius 3 is 2.15 bits per heavy atom. The summed E-state index contributed by atoms with van der Waals surface area (Å²) >= 11 is 2.90. The van der Waals surface area contributed by atoms with Gasteiger partial charge in [0.1, 0.15) is 24.3 Å². The minimum atomic E-state index is -1.50. The third-order valence-electron chi connectivity index (χ3n) is 6.81. The van der Waals surface area contributed by atoms with Gasteiger partial charge in [-0.15, -0.1) is 22.7 Å². The maximum absolute atomic E-state index is 13.3. The van der Waals surface area contributed by atoms with Crippen molar-refractivity contribution in [1.82, 2.24) is 0 Å². The number of Topliss-reactive ketones (excluding diaryl/α,β-unsaturated/α-hetero) is 1. The van der Waals surface area contributed by atoms with Crippen molar-refractivity contribution < 1.29 is 19.1 Å². The molecular weight excluding hydrogens is 366 g/mol. The first-order chi connectivity index (χ1) is 12.4. The zero-order chi connectivity index (χ0) is 18.1. The van der Waals surface area contributed by atoms with E-state index in [0.717, 1.165) is 27.1 Å². The van der Waals surface area contributed by atoms with Crippen molar-refractivity contribution in [1.29, 1.82) is 0 Å². The number of hydrogen-bond donors (Lipinski definition) is 1. The highest BCUT2D eigenvalue weighted by atomic mass is 32.1. The third-order valence-corrected chi connectivity index (χ3v) is 8.77. The highest BCUT2D eigenvalue weighted by Gasteiger charge is 2.70. The van der Waals surface area contributed by atoms with Crippen LogP contribution < -0.4 is 0 Å². The minimum absolute atomic E-state index is 0.0615. The van der Waals surface area contributed by atoms with E-state index in [0.29, 0.717) is 36.6 Å². The number of thiophene rings is 2. The molecule has 2 bridgehead atoms. The molecule has 138 valence electrons. The molecule has 6 heteroatoms. The van der Waals surface area contributed by atoms with Crippen LogP contribution in [0.5, 0.6) is 0 Å². The van der Waals surface area contributed by atoms with Crippen molar-refractivity contribution in [3.63, 3.8) is 0 Å². The van der Waals surface area contributed by atoms with E-state index in [1.807, 2.05) is 35.0 Å². The standard InChI is InChI=1S/C20H24NO3S2/c1-21(2)13-9-12(10-14(21)19-18(13)24-19)11-15(22)20(23,16-5-3-7-25-16)17-6-4-8-26-17/h3-8,12-14,18-19,23H,9-11H2,1-2H3/q+1/t12?,13-,14+,18-,19-/m1/s1. The highest BCUT2D eigenvalue weighted by molar-refractivity contribution is 7.12. The monoisotopic (exact) mass is 390 g/mol. The number of morpholine rings is 1. The van der Waals surface area contributed by atoms with Crippen LogP contribution in [0.4, 0.5) is 0 Å². The smallest absolute Gasteiger partial charge is 0.192 e. The average molecular weight is 391 g/mol. The molecule has 1 unspecified atom stereocenters. The normalized spacial score (nSPS) is 34.5. The van der Waals surface area contributed by atoms with Gasteiger partial charge in [0.15, 0.2) is 11.4 Å². The molecule has 3 aliphatic heterocycles. The summed E-state index contributed by atoms with van der Waals surface area (Å²) in [5.74, 6) is 0.278. The largest absolute Gasteiger partial charge is 0.372 e. The maximum Gasteiger partial charge on any atom is 0.192 e. The van der Waals surface area contributed by atoms with Crippen molar-refractivity contribution in [2.24, 2.45) is 5.92 Å². The maximum atomic E-state index is 13.3. The molecule has 3 aliphatic rings. The molecule has 0 radical (unpaired) electrons. The molecule has 3 saturated heterocycles. The number of fused-ring (bicyclic) bond motifs is 5. The van der Waals surface area contributed by atoms with E-state index >= 15 is 0 Å². The Morgan fingerprint density at radius 1 is 1.15 bits per heavy atom. The van der Waals surface area contributed by atoms with Crippen LogP contribution in [0.2, 0.25) is 0 Å². The first-order valence-electron chi connectivity index (χ1n) is 9.25. The summed E-state index contributed by atoms with van der Waals surface area (Å²) in [7, 11) is 4.60. The Labute approximate surface area is 161 Å². The van der Waals surface area contributed by atoms with Gasteiger partial charge in [-0.2, -0.15) is 0 Å². The number of rotatable bonds is 5. The lowest BCUT2D eigenvalue weighted by Crippen LogP contribution is -2.58. The number of likely N-dealkylation sites (N-methyl/N-ethyl adjacent to an activating group) is 1. The molecular formula is C20H24NO3S2+. The van der Waals surface area contributed by atoms with Gasteiger partial charge in [-0.05, 0) is 28.8 Å². The Kier molecular flexibility index (Phi) is 3.76. The molecule has 5 rings (SSSR count). The van der Waals surface area contributed by atoms with Gasteiger partial charge >= 0.3 is 0 Å². The number of carbonyl (C=O) groups is 1. The summed E-state index contributed by atoms with van der Waals surface area (Å²) in [6, 6.07) is 8.53. The third kappa shape index (κ3) is 2.33. The van der Waals surface area contributed by atoms with E-state index < -0.39 is 5.60 Å². The van der Waals surface area contributed by atoms with E-state index in [9.17, 15) is 9.90 Å². The number of hydrogen-bond acceptors (Lipinski definition) is 5. The second-order valence-corrected chi connectivity index (χ2v) is 10.4. The fraction of sp³-hybridized carbons (Fsp3) is 0.550. The Bertz CT molecular complexity index is 760. The first-order valence-corrected chi connectivity index (χ1v) is 11.0. The molecule has 0 aliphatic carbocycles. The molecule has 1 N–H and O–H groups in total. The van der Waals surface area contributed by atoms with E-state index in [4.69, 9.17) is 4.74 Å². The average Bonchev–Trinajstić information content (AvgIpc) is 2.98. The predicted octanol–water partition coefficient (Wildman–Crippen LogP) is 3.01. The number of ketones is 1. The van der Waals surface area contributed by atoms with Crippen LogP contribution in [-0.2, 0) is 15.1 Å². The molecule has 2 aromatic heterocycles. The SMILES string of the molecule is C[N+]1(C)[C@@H]2CC(CC(=O)C(O)(c3cccs3)c3cccs3)C[C@H]1[C@H]1O[C@@H]12. The van der Waals surface area contributed by atoms with E-state index in [2.05, 4.69) is 14.1 Å². The molecule has 3 fully saturated rings. The molecule has 0 aromatic carbocycles. The molecule has 0 saturated carbocycles. The van der Waals surface area contributed by atoms with Crippen LogP contribution in [0.25, 0.3) is 0 Å². The lowest BCUT2D eigenvalue weighted by Gasteiger charge is -2.46. The van der Waals surface area contributed by atoms with E-state index in [1.165, 1.54) is 22.7 Å². The van der Waals surface area contributed by atoms with Gasteiger partial charge in [-0.1, -0.05) is 12.1 Å². The summed E-state index contributed by atoms with van der Waals surface area (Å²) in [5.41, 5.74) is -1.50.